The van der Waals surface area contributed by atoms with Gasteiger partial charge in [-0.05, 0) is 43.4 Å². The molecule has 0 unspecified atom stereocenters. The minimum absolute atomic E-state index is 0. The summed E-state index contributed by atoms with van der Waals surface area (Å²) in [5.41, 5.74) is 7.19. The zero-order valence-corrected chi connectivity index (χ0v) is 21.8. The van der Waals surface area contributed by atoms with Gasteiger partial charge in [0.1, 0.15) is 5.75 Å². The number of piperidine rings is 1. The highest BCUT2D eigenvalue weighted by Gasteiger charge is 2.24. The Morgan fingerprint density at radius 1 is 1.26 bits per heavy atom. The highest BCUT2D eigenvalue weighted by Crippen LogP contribution is 2.26. The number of halogens is 1. The molecule has 1 aliphatic rings. The number of rotatable bonds is 8. The topological polar surface area (TPSA) is 89.2 Å². The number of amides is 1. The molecule has 1 saturated heterocycles. The predicted octanol–water partition coefficient (Wildman–Crippen LogP) is 4.14. The van der Waals surface area contributed by atoms with Crippen molar-refractivity contribution in [3.05, 3.63) is 29.8 Å². The third-order valence-corrected chi connectivity index (χ3v) is 5.24. The molecular weight excluding hydrogens is 507 g/mol. The summed E-state index contributed by atoms with van der Waals surface area (Å²) < 4.78 is 10.8. The van der Waals surface area contributed by atoms with Crippen molar-refractivity contribution in [2.45, 2.75) is 58.9 Å². The minimum atomic E-state index is -0.236. The largest absolute Gasteiger partial charge is 0.493 e. The van der Waals surface area contributed by atoms with Crippen LogP contribution >= 0.6 is 24.0 Å². The van der Waals surface area contributed by atoms with E-state index < -0.39 is 0 Å². The maximum absolute atomic E-state index is 11.8. The van der Waals surface area contributed by atoms with Crippen LogP contribution in [0, 0.1) is 5.92 Å². The van der Waals surface area contributed by atoms with Crippen molar-refractivity contribution in [1.82, 2.24) is 10.2 Å². The Kier molecular flexibility index (Phi) is 11.4. The van der Waals surface area contributed by atoms with E-state index >= 15 is 0 Å². The molecule has 31 heavy (non-hydrogen) atoms. The number of nitrogens with two attached hydrogens (primary N) is 1. The Balaban J connectivity index is 0.00000480. The third kappa shape index (κ3) is 9.13. The van der Waals surface area contributed by atoms with Gasteiger partial charge in [0.05, 0.1) is 19.8 Å². The molecule has 0 bridgehead atoms. The molecule has 2 rings (SSSR count). The van der Waals surface area contributed by atoms with Crippen LogP contribution in [-0.2, 0) is 10.2 Å². The normalized spacial score (nSPS) is 15.4. The molecule has 0 radical (unpaired) electrons. The molecule has 0 spiro atoms. The summed E-state index contributed by atoms with van der Waals surface area (Å²) in [6.45, 7) is 13.4. The summed E-state index contributed by atoms with van der Waals surface area (Å²) in [4.78, 5) is 18.1. The molecule has 0 atom stereocenters. The van der Waals surface area contributed by atoms with Crippen LogP contribution < -0.4 is 15.8 Å². The van der Waals surface area contributed by atoms with E-state index in [1.54, 1.807) is 4.90 Å². The van der Waals surface area contributed by atoms with Crippen LogP contribution in [-0.4, -0.2) is 55.8 Å². The molecule has 0 saturated carbocycles. The van der Waals surface area contributed by atoms with Crippen molar-refractivity contribution < 1.29 is 14.3 Å². The Labute approximate surface area is 204 Å². The number of nitrogens with one attached hydrogen (secondary N) is 1. The highest BCUT2D eigenvalue weighted by atomic mass is 127. The van der Waals surface area contributed by atoms with E-state index in [9.17, 15) is 4.79 Å². The van der Waals surface area contributed by atoms with Crippen molar-refractivity contribution in [3.63, 3.8) is 0 Å². The minimum Gasteiger partial charge on any atom is -0.493 e. The van der Waals surface area contributed by atoms with Gasteiger partial charge in [0.25, 0.3) is 0 Å². The van der Waals surface area contributed by atoms with Crippen molar-refractivity contribution in [1.29, 1.82) is 0 Å². The predicted molar refractivity (Wildman–Crippen MR) is 136 cm³/mol. The summed E-state index contributed by atoms with van der Waals surface area (Å²) in [6, 6.07) is 8.45. The fourth-order valence-electron chi connectivity index (χ4n) is 3.32. The van der Waals surface area contributed by atoms with Gasteiger partial charge in [0, 0.05) is 24.5 Å². The lowest BCUT2D eigenvalue weighted by Crippen LogP contribution is -2.48. The Bertz CT molecular complexity index is 699. The molecule has 0 aromatic heterocycles. The number of aliphatic imine (C=N–C) groups is 1. The molecule has 1 heterocycles. The van der Waals surface area contributed by atoms with Gasteiger partial charge >= 0.3 is 6.09 Å². The van der Waals surface area contributed by atoms with Crippen molar-refractivity contribution in [2.24, 2.45) is 16.6 Å². The van der Waals surface area contributed by atoms with Crippen LogP contribution in [0.15, 0.2) is 29.3 Å². The second-order valence-electron chi connectivity index (χ2n) is 8.92. The number of ether oxygens (including phenoxy) is 2. The fourth-order valence-corrected chi connectivity index (χ4v) is 3.32. The maximum atomic E-state index is 11.8. The lowest BCUT2D eigenvalue weighted by molar-refractivity contribution is 0.0963. The molecule has 7 nitrogen and oxygen atoms in total. The van der Waals surface area contributed by atoms with E-state index in [1.165, 1.54) is 5.56 Å². The number of carbonyl (C=O) groups excluding carboxylic acids is 1. The van der Waals surface area contributed by atoms with Crippen LogP contribution in [0.2, 0.25) is 0 Å². The number of hydrogen-bond donors (Lipinski definition) is 2. The lowest BCUT2D eigenvalue weighted by Gasteiger charge is -2.32. The van der Waals surface area contributed by atoms with Gasteiger partial charge in [-0.25, -0.2) is 4.79 Å². The van der Waals surface area contributed by atoms with E-state index in [1.807, 2.05) is 19.1 Å². The zero-order valence-electron chi connectivity index (χ0n) is 19.5. The quantitative estimate of drug-likeness (QED) is 0.291. The summed E-state index contributed by atoms with van der Waals surface area (Å²) in [5.74, 6) is 1.85. The van der Waals surface area contributed by atoms with Crippen molar-refractivity contribution >= 4 is 36.0 Å². The van der Waals surface area contributed by atoms with Gasteiger partial charge in [-0.15, -0.1) is 24.0 Å². The number of likely N-dealkylation sites (tertiary alicyclic amines) is 1. The smallest absolute Gasteiger partial charge is 0.409 e. The summed E-state index contributed by atoms with van der Waals surface area (Å²) in [5, 5.41) is 3.30. The van der Waals surface area contributed by atoms with Gasteiger partial charge in [-0.1, -0.05) is 39.8 Å². The highest BCUT2D eigenvalue weighted by molar-refractivity contribution is 14.0. The zero-order chi connectivity index (χ0) is 22.1. The van der Waals surface area contributed by atoms with Crippen molar-refractivity contribution in [2.75, 3.05) is 32.8 Å². The molecule has 0 aliphatic carbocycles. The van der Waals surface area contributed by atoms with Crippen LogP contribution in [0.5, 0.6) is 5.75 Å². The summed E-state index contributed by atoms with van der Waals surface area (Å²) >= 11 is 0. The second-order valence-corrected chi connectivity index (χ2v) is 8.92. The second kappa shape index (κ2) is 13.0. The Morgan fingerprint density at radius 3 is 2.42 bits per heavy atom. The first-order valence-electron chi connectivity index (χ1n) is 10.9. The molecule has 8 heteroatoms. The SMILES string of the molecule is CCOC(=O)N1CCC(NC(N)=NCC(C)(C)c2ccc(OCC(C)C)cc2)CC1.I. The molecule has 1 amide bonds. The lowest BCUT2D eigenvalue weighted by atomic mass is 9.85. The first kappa shape index (κ1) is 27.3. The standard InChI is InChI=1S/C23H38N4O3.HI/c1-6-29-22(28)27-13-11-19(12-14-27)26-21(24)25-16-23(4,5)18-7-9-20(10-8-18)30-15-17(2)3;/h7-10,17,19H,6,11-16H2,1-5H3,(H3,24,25,26);1H. The van der Waals surface area contributed by atoms with E-state index in [2.05, 4.69) is 50.1 Å². The number of hydrogen-bond acceptors (Lipinski definition) is 4. The van der Waals surface area contributed by atoms with Gasteiger partial charge < -0.3 is 25.4 Å². The van der Waals surface area contributed by atoms with E-state index in [-0.39, 0.29) is 41.5 Å². The van der Waals surface area contributed by atoms with Crippen LogP contribution in [0.1, 0.15) is 53.0 Å². The molecule has 176 valence electrons. The number of benzene rings is 1. The fraction of sp³-hybridized carbons (Fsp3) is 0.652. The monoisotopic (exact) mass is 546 g/mol. The number of carbonyl (C=O) groups is 1. The summed E-state index contributed by atoms with van der Waals surface area (Å²) in [7, 11) is 0. The van der Waals surface area contributed by atoms with E-state index in [0.717, 1.165) is 18.6 Å². The molecule has 1 aliphatic heterocycles. The van der Waals surface area contributed by atoms with Gasteiger partial charge in [-0.3, -0.25) is 4.99 Å². The average Bonchev–Trinajstić information content (AvgIpc) is 2.72. The average molecular weight is 546 g/mol. The number of guanidine groups is 1. The molecule has 1 fully saturated rings. The Hall–Kier alpha value is -1.71. The molecule has 3 N–H and O–H groups in total. The summed E-state index contributed by atoms with van der Waals surface area (Å²) in [6.07, 6.45) is 1.42. The first-order chi connectivity index (χ1) is 14.2. The van der Waals surface area contributed by atoms with Crippen LogP contribution in [0.3, 0.4) is 0 Å². The number of nitrogens with zero attached hydrogens (tertiary/aromatic N) is 2. The van der Waals surface area contributed by atoms with Crippen LogP contribution in [0.25, 0.3) is 0 Å². The van der Waals surface area contributed by atoms with E-state index in [0.29, 0.717) is 44.7 Å². The molecular formula is C23H39IN4O3. The van der Waals surface area contributed by atoms with Gasteiger partial charge in [0.2, 0.25) is 0 Å². The molecule has 1 aromatic carbocycles. The molecule has 1 aromatic rings. The van der Waals surface area contributed by atoms with E-state index in [4.69, 9.17) is 15.2 Å². The van der Waals surface area contributed by atoms with Gasteiger partial charge in [-0.2, -0.15) is 0 Å². The van der Waals surface area contributed by atoms with Crippen molar-refractivity contribution in [3.8, 4) is 5.75 Å². The maximum Gasteiger partial charge on any atom is 0.409 e. The Morgan fingerprint density at radius 2 is 1.87 bits per heavy atom. The first-order valence-corrected chi connectivity index (χ1v) is 10.9. The van der Waals surface area contributed by atoms with Gasteiger partial charge in [0.15, 0.2) is 5.96 Å². The third-order valence-electron chi connectivity index (χ3n) is 5.24. The van der Waals surface area contributed by atoms with Crippen LogP contribution in [0.4, 0.5) is 4.79 Å².